The number of hydrogen-bond acceptors (Lipinski definition) is 3. The maximum absolute atomic E-state index is 11.9. The average Bonchev–Trinajstić information content (AvgIpc) is 2.36. The fourth-order valence-electron chi connectivity index (χ4n) is 2.03. The summed E-state index contributed by atoms with van der Waals surface area (Å²) in [6.07, 6.45) is 7.11. The molecular weight excluding hydrogens is 232 g/mol. The SMILES string of the molecule is CCC(N)CSC(C)C(=O)NC1CCCCC1. The molecule has 1 fully saturated rings. The van der Waals surface area contributed by atoms with E-state index in [0.717, 1.165) is 25.0 Å². The molecule has 3 nitrogen and oxygen atoms in total. The fraction of sp³-hybridized carbons (Fsp3) is 0.923. The molecule has 0 aromatic carbocycles. The first-order chi connectivity index (χ1) is 8.13. The van der Waals surface area contributed by atoms with Gasteiger partial charge in [-0.05, 0) is 26.2 Å². The quantitative estimate of drug-likeness (QED) is 0.768. The third-order valence-electron chi connectivity index (χ3n) is 3.41. The Bertz CT molecular complexity index is 229. The minimum Gasteiger partial charge on any atom is -0.352 e. The predicted molar refractivity (Wildman–Crippen MR) is 75.2 cm³/mol. The Balaban J connectivity index is 2.21. The highest BCUT2D eigenvalue weighted by Gasteiger charge is 2.20. The molecule has 3 N–H and O–H groups in total. The van der Waals surface area contributed by atoms with Gasteiger partial charge in [0.25, 0.3) is 0 Å². The third-order valence-corrected chi connectivity index (χ3v) is 4.74. The van der Waals surface area contributed by atoms with Gasteiger partial charge in [0.15, 0.2) is 0 Å². The van der Waals surface area contributed by atoms with Crippen molar-refractivity contribution < 1.29 is 4.79 Å². The van der Waals surface area contributed by atoms with Crippen LogP contribution in [-0.2, 0) is 4.79 Å². The molecule has 1 amide bonds. The van der Waals surface area contributed by atoms with E-state index in [4.69, 9.17) is 5.73 Å². The van der Waals surface area contributed by atoms with Crippen LogP contribution in [0.2, 0.25) is 0 Å². The van der Waals surface area contributed by atoms with Crippen molar-refractivity contribution in [3.05, 3.63) is 0 Å². The maximum atomic E-state index is 11.9. The number of nitrogens with one attached hydrogen (secondary N) is 1. The third kappa shape index (κ3) is 5.77. The van der Waals surface area contributed by atoms with Gasteiger partial charge in [0.2, 0.25) is 5.91 Å². The summed E-state index contributed by atoms with van der Waals surface area (Å²) >= 11 is 1.67. The van der Waals surface area contributed by atoms with Crippen molar-refractivity contribution in [1.29, 1.82) is 0 Å². The number of thioether (sulfide) groups is 1. The smallest absolute Gasteiger partial charge is 0.233 e. The summed E-state index contributed by atoms with van der Waals surface area (Å²) in [5.74, 6) is 1.06. The van der Waals surface area contributed by atoms with Crippen LogP contribution in [0.3, 0.4) is 0 Å². The molecule has 0 aromatic rings. The van der Waals surface area contributed by atoms with Crippen molar-refractivity contribution in [2.45, 2.75) is 69.7 Å². The van der Waals surface area contributed by atoms with Crippen molar-refractivity contribution in [2.24, 2.45) is 5.73 Å². The zero-order valence-electron chi connectivity index (χ0n) is 11.1. The van der Waals surface area contributed by atoms with Gasteiger partial charge >= 0.3 is 0 Å². The van der Waals surface area contributed by atoms with Crippen molar-refractivity contribution in [2.75, 3.05) is 5.75 Å². The molecule has 2 unspecified atom stereocenters. The zero-order chi connectivity index (χ0) is 12.7. The predicted octanol–water partition coefficient (Wildman–Crippen LogP) is 2.29. The number of carbonyl (C=O) groups excluding carboxylic acids is 1. The highest BCUT2D eigenvalue weighted by atomic mass is 32.2. The molecule has 0 radical (unpaired) electrons. The molecule has 100 valence electrons. The molecule has 0 aromatic heterocycles. The van der Waals surface area contributed by atoms with Crippen molar-refractivity contribution in [3.8, 4) is 0 Å². The van der Waals surface area contributed by atoms with E-state index >= 15 is 0 Å². The van der Waals surface area contributed by atoms with E-state index in [0.29, 0.717) is 6.04 Å². The van der Waals surface area contributed by atoms with Crippen LogP contribution in [0.15, 0.2) is 0 Å². The second-order valence-electron chi connectivity index (χ2n) is 4.99. The lowest BCUT2D eigenvalue weighted by molar-refractivity contribution is -0.121. The number of carbonyl (C=O) groups is 1. The summed E-state index contributed by atoms with van der Waals surface area (Å²) in [5.41, 5.74) is 5.85. The molecule has 0 aliphatic heterocycles. The van der Waals surface area contributed by atoms with Gasteiger partial charge in [-0.25, -0.2) is 0 Å². The topological polar surface area (TPSA) is 55.1 Å². The molecule has 1 aliphatic carbocycles. The van der Waals surface area contributed by atoms with Gasteiger partial charge < -0.3 is 11.1 Å². The van der Waals surface area contributed by atoms with E-state index < -0.39 is 0 Å². The van der Waals surface area contributed by atoms with Gasteiger partial charge in [0.1, 0.15) is 0 Å². The van der Waals surface area contributed by atoms with Crippen molar-refractivity contribution in [3.63, 3.8) is 0 Å². The van der Waals surface area contributed by atoms with Crippen LogP contribution in [-0.4, -0.2) is 29.0 Å². The van der Waals surface area contributed by atoms with Crippen LogP contribution in [0.25, 0.3) is 0 Å². The lowest BCUT2D eigenvalue weighted by Gasteiger charge is -2.24. The lowest BCUT2D eigenvalue weighted by atomic mass is 9.95. The van der Waals surface area contributed by atoms with Crippen LogP contribution in [0, 0.1) is 0 Å². The summed E-state index contributed by atoms with van der Waals surface area (Å²) in [6, 6.07) is 0.629. The largest absolute Gasteiger partial charge is 0.352 e. The van der Waals surface area contributed by atoms with E-state index in [1.165, 1.54) is 19.3 Å². The summed E-state index contributed by atoms with van der Waals surface area (Å²) in [6.45, 7) is 4.06. The monoisotopic (exact) mass is 258 g/mol. The Morgan fingerprint density at radius 2 is 2.06 bits per heavy atom. The Morgan fingerprint density at radius 3 is 2.65 bits per heavy atom. The molecule has 0 heterocycles. The van der Waals surface area contributed by atoms with Gasteiger partial charge in [0, 0.05) is 17.8 Å². The first kappa shape index (κ1) is 14.8. The number of rotatable bonds is 6. The molecule has 2 atom stereocenters. The first-order valence-corrected chi connectivity index (χ1v) is 7.86. The molecule has 17 heavy (non-hydrogen) atoms. The zero-order valence-corrected chi connectivity index (χ0v) is 11.9. The van der Waals surface area contributed by atoms with Gasteiger partial charge in [-0.1, -0.05) is 26.2 Å². The average molecular weight is 258 g/mol. The lowest BCUT2D eigenvalue weighted by Crippen LogP contribution is -2.40. The van der Waals surface area contributed by atoms with Crippen LogP contribution in [0.4, 0.5) is 0 Å². The van der Waals surface area contributed by atoms with Crippen molar-refractivity contribution >= 4 is 17.7 Å². The highest BCUT2D eigenvalue weighted by molar-refractivity contribution is 8.00. The van der Waals surface area contributed by atoms with Gasteiger partial charge in [0.05, 0.1) is 5.25 Å². The van der Waals surface area contributed by atoms with Crippen molar-refractivity contribution in [1.82, 2.24) is 5.32 Å². The number of hydrogen-bond donors (Lipinski definition) is 2. The molecule has 1 aliphatic rings. The molecule has 1 saturated carbocycles. The Kier molecular flexibility index (Phi) is 6.97. The van der Waals surface area contributed by atoms with Gasteiger partial charge in [-0.15, -0.1) is 11.8 Å². The Labute approximate surface area is 109 Å². The van der Waals surface area contributed by atoms with Gasteiger partial charge in [-0.3, -0.25) is 4.79 Å². The summed E-state index contributed by atoms with van der Waals surface area (Å²) in [4.78, 5) is 11.9. The van der Waals surface area contributed by atoms with E-state index in [2.05, 4.69) is 12.2 Å². The standard InChI is InChI=1S/C13H26N2OS/c1-3-11(14)9-17-10(2)13(16)15-12-7-5-4-6-8-12/h10-12H,3-9,14H2,1-2H3,(H,15,16). The van der Waals surface area contributed by atoms with E-state index in [9.17, 15) is 4.79 Å². The molecular formula is C13H26N2OS. The van der Waals surface area contributed by atoms with Crippen LogP contribution >= 0.6 is 11.8 Å². The first-order valence-electron chi connectivity index (χ1n) is 6.81. The molecule has 1 rings (SSSR count). The van der Waals surface area contributed by atoms with Gasteiger partial charge in [-0.2, -0.15) is 0 Å². The summed E-state index contributed by atoms with van der Waals surface area (Å²) in [5, 5.41) is 3.18. The minimum absolute atomic E-state index is 0.0227. The van der Waals surface area contributed by atoms with E-state index in [-0.39, 0.29) is 17.2 Å². The normalized spacial score (nSPS) is 20.9. The number of nitrogens with two attached hydrogens (primary N) is 1. The molecule has 0 bridgehead atoms. The molecule has 0 spiro atoms. The Hall–Kier alpha value is -0.220. The Morgan fingerprint density at radius 1 is 1.41 bits per heavy atom. The molecule has 4 heteroatoms. The van der Waals surface area contributed by atoms with E-state index in [1.807, 2.05) is 6.92 Å². The van der Waals surface area contributed by atoms with Crippen LogP contribution in [0.1, 0.15) is 52.4 Å². The highest BCUT2D eigenvalue weighted by Crippen LogP contribution is 2.19. The number of amides is 1. The second-order valence-corrected chi connectivity index (χ2v) is 6.36. The molecule has 0 saturated heterocycles. The van der Waals surface area contributed by atoms with Crippen LogP contribution < -0.4 is 11.1 Å². The summed E-state index contributed by atoms with van der Waals surface area (Å²) < 4.78 is 0. The van der Waals surface area contributed by atoms with E-state index in [1.54, 1.807) is 11.8 Å². The minimum atomic E-state index is 0.0227. The fourth-order valence-corrected chi connectivity index (χ4v) is 3.02. The second kappa shape index (κ2) is 7.98. The maximum Gasteiger partial charge on any atom is 0.233 e. The summed E-state index contributed by atoms with van der Waals surface area (Å²) in [7, 11) is 0. The van der Waals surface area contributed by atoms with Crippen LogP contribution in [0.5, 0.6) is 0 Å².